The maximum Gasteiger partial charge on any atom is 0.0818 e. The van der Waals surface area contributed by atoms with Crippen LogP contribution in [0.5, 0.6) is 0 Å². The Morgan fingerprint density at radius 2 is 1.83 bits per heavy atom. The number of halogens is 2. The van der Waals surface area contributed by atoms with Gasteiger partial charge in [0.2, 0.25) is 0 Å². The van der Waals surface area contributed by atoms with Crippen molar-refractivity contribution in [2.24, 2.45) is 5.73 Å². The van der Waals surface area contributed by atoms with Gasteiger partial charge in [0.25, 0.3) is 0 Å². The van der Waals surface area contributed by atoms with E-state index in [1.54, 1.807) is 12.4 Å². The molecule has 1 aromatic heterocycles. The summed E-state index contributed by atoms with van der Waals surface area (Å²) in [5.41, 5.74) is 8.91. The third-order valence-electron chi connectivity index (χ3n) is 3.30. The van der Waals surface area contributed by atoms with Crippen molar-refractivity contribution in [3.05, 3.63) is 59.7 Å². The third kappa shape index (κ3) is 7.72. The molecule has 0 amide bonds. The molecular formula is C16H24Cl2N4O. The zero-order valence-electron chi connectivity index (χ0n) is 13.1. The molecule has 0 aliphatic rings. The average Bonchev–Trinajstić information content (AvgIpc) is 2.50. The Bertz CT molecular complexity index is 540. The van der Waals surface area contributed by atoms with Gasteiger partial charge in [-0.3, -0.25) is 9.97 Å². The van der Waals surface area contributed by atoms with E-state index in [0.717, 1.165) is 17.0 Å². The minimum atomic E-state index is -0.594. The van der Waals surface area contributed by atoms with Crippen molar-refractivity contribution in [2.45, 2.75) is 32.0 Å². The van der Waals surface area contributed by atoms with Gasteiger partial charge in [0, 0.05) is 31.5 Å². The lowest BCUT2D eigenvalue weighted by atomic mass is 10.0. The first-order valence-electron chi connectivity index (χ1n) is 7.11. The topological polar surface area (TPSA) is 84.1 Å². The molecule has 1 aromatic carbocycles. The number of hydrogen-bond donors (Lipinski definition) is 3. The fraction of sp³-hybridized carbons (Fsp3) is 0.375. The minimum Gasteiger partial charge on any atom is -0.390 e. The van der Waals surface area contributed by atoms with Crippen LogP contribution in [0.4, 0.5) is 0 Å². The summed E-state index contributed by atoms with van der Waals surface area (Å²) in [6, 6.07) is 9.66. The molecular weight excluding hydrogens is 335 g/mol. The summed E-state index contributed by atoms with van der Waals surface area (Å²) in [5.74, 6) is 0. The van der Waals surface area contributed by atoms with Gasteiger partial charge < -0.3 is 16.2 Å². The Hall–Kier alpha value is -1.24. The highest BCUT2D eigenvalue weighted by Crippen LogP contribution is 2.04. The smallest absolute Gasteiger partial charge is 0.0818 e. The number of benzene rings is 1. The highest BCUT2D eigenvalue weighted by molar-refractivity contribution is 5.85. The van der Waals surface area contributed by atoms with Crippen LogP contribution in [0.1, 0.15) is 17.0 Å². The summed E-state index contributed by atoms with van der Waals surface area (Å²) >= 11 is 0. The van der Waals surface area contributed by atoms with Crippen LogP contribution in [0.3, 0.4) is 0 Å². The molecule has 23 heavy (non-hydrogen) atoms. The maximum atomic E-state index is 10.1. The molecule has 0 radical (unpaired) electrons. The van der Waals surface area contributed by atoms with Crippen molar-refractivity contribution in [2.75, 3.05) is 6.54 Å². The zero-order valence-corrected chi connectivity index (χ0v) is 14.7. The van der Waals surface area contributed by atoms with E-state index in [2.05, 4.69) is 15.3 Å². The molecule has 2 rings (SSSR count). The number of aryl methyl sites for hydroxylation is 1. The molecule has 0 aliphatic heterocycles. The Labute approximate surface area is 149 Å². The Kier molecular flexibility index (Phi) is 10.7. The predicted molar refractivity (Wildman–Crippen MR) is 97.1 cm³/mol. The Morgan fingerprint density at radius 1 is 1.13 bits per heavy atom. The molecule has 128 valence electrons. The van der Waals surface area contributed by atoms with E-state index in [4.69, 9.17) is 5.73 Å². The van der Waals surface area contributed by atoms with Gasteiger partial charge in [-0.2, -0.15) is 0 Å². The van der Waals surface area contributed by atoms with E-state index in [0.29, 0.717) is 19.5 Å². The number of rotatable bonds is 7. The molecule has 7 heteroatoms. The van der Waals surface area contributed by atoms with Crippen molar-refractivity contribution in [1.82, 2.24) is 15.3 Å². The molecule has 2 aromatic rings. The summed E-state index contributed by atoms with van der Waals surface area (Å²) in [4.78, 5) is 8.43. The van der Waals surface area contributed by atoms with Crippen molar-refractivity contribution >= 4 is 24.8 Å². The quantitative estimate of drug-likeness (QED) is 0.700. The summed E-state index contributed by atoms with van der Waals surface area (Å²) in [6.07, 6.45) is 3.53. The van der Waals surface area contributed by atoms with Crippen LogP contribution in [0.2, 0.25) is 0 Å². The third-order valence-corrected chi connectivity index (χ3v) is 3.30. The molecule has 0 saturated carbocycles. The van der Waals surface area contributed by atoms with Gasteiger partial charge in [-0.25, -0.2) is 0 Å². The number of nitrogens with one attached hydrogen (secondary N) is 1. The second kappa shape index (κ2) is 11.3. The van der Waals surface area contributed by atoms with Crippen LogP contribution in [0.15, 0.2) is 42.7 Å². The lowest BCUT2D eigenvalue weighted by Gasteiger charge is -2.19. The van der Waals surface area contributed by atoms with Gasteiger partial charge in [-0.05, 0) is 18.9 Å². The number of nitrogens with zero attached hydrogens (tertiary/aromatic N) is 2. The molecule has 5 nitrogen and oxygen atoms in total. The molecule has 0 bridgehead atoms. The second-order valence-electron chi connectivity index (χ2n) is 5.20. The summed E-state index contributed by atoms with van der Waals surface area (Å²) in [5, 5.41) is 13.2. The zero-order chi connectivity index (χ0) is 15.1. The molecule has 0 saturated heterocycles. The second-order valence-corrected chi connectivity index (χ2v) is 5.20. The SMILES string of the molecule is Cc1cnc(CNC[C@@H](O)[C@@H](N)Cc2ccccc2)cn1.Cl.Cl. The maximum absolute atomic E-state index is 10.1. The molecule has 0 aliphatic carbocycles. The first-order chi connectivity index (χ1) is 10.1. The highest BCUT2D eigenvalue weighted by Gasteiger charge is 2.14. The fourth-order valence-corrected chi connectivity index (χ4v) is 2.03. The van der Waals surface area contributed by atoms with Crippen molar-refractivity contribution in [1.29, 1.82) is 0 Å². The van der Waals surface area contributed by atoms with Crippen LogP contribution in [0, 0.1) is 6.92 Å². The van der Waals surface area contributed by atoms with Crippen molar-refractivity contribution in [3.8, 4) is 0 Å². The average molecular weight is 359 g/mol. The molecule has 0 unspecified atom stereocenters. The normalized spacial score (nSPS) is 12.7. The molecule has 4 N–H and O–H groups in total. The van der Waals surface area contributed by atoms with E-state index < -0.39 is 6.10 Å². The Morgan fingerprint density at radius 3 is 2.43 bits per heavy atom. The van der Waals surface area contributed by atoms with Gasteiger partial charge in [0.15, 0.2) is 0 Å². The van der Waals surface area contributed by atoms with Crippen LogP contribution in [-0.2, 0) is 13.0 Å². The first kappa shape index (κ1) is 21.8. The number of aliphatic hydroxyl groups excluding tert-OH is 1. The fourth-order valence-electron chi connectivity index (χ4n) is 2.03. The number of aromatic nitrogens is 2. The number of nitrogens with two attached hydrogens (primary N) is 1. The van der Waals surface area contributed by atoms with E-state index in [9.17, 15) is 5.11 Å². The first-order valence-corrected chi connectivity index (χ1v) is 7.11. The van der Waals surface area contributed by atoms with Crippen LogP contribution >= 0.6 is 24.8 Å². The van der Waals surface area contributed by atoms with Gasteiger partial charge in [-0.15, -0.1) is 24.8 Å². The molecule has 1 heterocycles. The number of hydrogen-bond acceptors (Lipinski definition) is 5. The molecule has 2 atom stereocenters. The molecule has 0 spiro atoms. The van der Waals surface area contributed by atoms with E-state index in [1.807, 2.05) is 37.3 Å². The van der Waals surface area contributed by atoms with E-state index >= 15 is 0 Å². The summed E-state index contributed by atoms with van der Waals surface area (Å²) in [7, 11) is 0. The van der Waals surface area contributed by atoms with Gasteiger partial charge in [-0.1, -0.05) is 30.3 Å². The monoisotopic (exact) mass is 358 g/mol. The van der Waals surface area contributed by atoms with Crippen LogP contribution in [0.25, 0.3) is 0 Å². The lowest BCUT2D eigenvalue weighted by Crippen LogP contribution is -2.43. The standard InChI is InChI=1S/C16H22N4O.2ClH/c1-12-8-20-14(10-19-12)9-18-11-16(21)15(17)7-13-5-3-2-4-6-13;;/h2-6,8,10,15-16,18,21H,7,9,11,17H2,1H3;2*1H/t15-,16+;;/m0../s1. The van der Waals surface area contributed by atoms with Gasteiger partial charge in [0.1, 0.15) is 0 Å². The van der Waals surface area contributed by atoms with Gasteiger partial charge in [0.05, 0.1) is 17.5 Å². The lowest BCUT2D eigenvalue weighted by molar-refractivity contribution is 0.141. The Balaban J connectivity index is 0.00000242. The number of aliphatic hydroxyl groups is 1. The molecule has 0 fully saturated rings. The van der Waals surface area contributed by atoms with Crippen molar-refractivity contribution < 1.29 is 5.11 Å². The largest absolute Gasteiger partial charge is 0.390 e. The van der Waals surface area contributed by atoms with E-state index in [1.165, 1.54) is 0 Å². The van der Waals surface area contributed by atoms with E-state index in [-0.39, 0.29) is 30.9 Å². The predicted octanol–water partition coefficient (Wildman–Crippen LogP) is 1.65. The van der Waals surface area contributed by atoms with Gasteiger partial charge >= 0.3 is 0 Å². The van der Waals surface area contributed by atoms with Crippen LogP contribution < -0.4 is 11.1 Å². The van der Waals surface area contributed by atoms with Crippen LogP contribution in [-0.4, -0.2) is 33.8 Å². The summed E-state index contributed by atoms with van der Waals surface area (Å²) in [6.45, 7) is 2.91. The van der Waals surface area contributed by atoms with Crippen molar-refractivity contribution in [3.63, 3.8) is 0 Å². The summed E-state index contributed by atoms with van der Waals surface area (Å²) < 4.78 is 0. The highest BCUT2D eigenvalue weighted by atomic mass is 35.5. The minimum absolute atomic E-state index is 0.